The average Bonchev–Trinajstić information content (AvgIpc) is 3.24. The number of carbonyl (C=O) groups excluding carboxylic acids is 1. The first-order chi connectivity index (χ1) is 11.6. The summed E-state index contributed by atoms with van der Waals surface area (Å²) in [5.41, 5.74) is 0.748. The van der Waals surface area contributed by atoms with Crippen molar-refractivity contribution in [3.05, 3.63) is 51.5 Å². The second kappa shape index (κ2) is 7.02. The third kappa shape index (κ3) is 3.58. The molecule has 0 radical (unpaired) electrons. The van der Waals surface area contributed by atoms with Gasteiger partial charge in [0.05, 0.1) is 11.4 Å². The average molecular weight is 365 g/mol. The highest BCUT2D eigenvalue weighted by molar-refractivity contribution is 7.17. The van der Waals surface area contributed by atoms with E-state index in [0.29, 0.717) is 15.1 Å². The van der Waals surface area contributed by atoms with Crippen LogP contribution in [0.4, 0.5) is 0 Å². The van der Waals surface area contributed by atoms with Crippen molar-refractivity contribution >= 4 is 28.9 Å². The van der Waals surface area contributed by atoms with Gasteiger partial charge in [-0.05, 0) is 43.3 Å². The van der Waals surface area contributed by atoms with Gasteiger partial charge in [0.2, 0.25) is 5.89 Å². The third-order valence-electron chi connectivity index (χ3n) is 3.18. The monoisotopic (exact) mass is 364 g/mol. The minimum atomic E-state index is -0.669. The molecule has 1 atom stereocenters. The lowest BCUT2D eigenvalue weighted by Crippen LogP contribution is -2.08. The zero-order valence-electron chi connectivity index (χ0n) is 12.9. The molecule has 8 heteroatoms. The number of hydrogen-bond acceptors (Lipinski definition) is 7. The van der Waals surface area contributed by atoms with Crippen LogP contribution in [0.2, 0.25) is 4.34 Å². The zero-order chi connectivity index (χ0) is 17.1. The first kappa shape index (κ1) is 16.5. The number of nitrogens with zero attached hydrogens (tertiary/aromatic N) is 2. The van der Waals surface area contributed by atoms with Gasteiger partial charge in [-0.2, -0.15) is 0 Å². The summed E-state index contributed by atoms with van der Waals surface area (Å²) in [4.78, 5) is 12.4. The molecule has 0 saturated heterocycles. The van der Waals surface area contributed by atoms with E-state index < -0.39 is 12.1 Å². The Bertz CT molecular complexity index is 844. The van der Waals surface area contributed by atoms with Gasteiger partial charge in [-0.1, -0.05) is 11.6 Å². The van der Waals surface area contributed by atoms with Gasteiger partial charge in [-0.15, -0.1) is 21.5 Å². The molecule has 3 aromatic rings. The summed E-state index contributed by atoms with van der Waals surface area (Å²) in [6, 6.07) is 10.5. The van der Waals surface area contributed by atoms with Crippen molar-refractivity contribution in [2.24, 2.45) is 0 Å². The third-order valence-corrected chi connectivity index (χ3v) is 4.39. The molecular weight excluding hydrogens is 352 g/mol. The largest absolute Gasteiger partial charge is 0.497 e. The molecule has 6 nitrogen and oxygen atoms in total. The lowest BCUT2D eigenvalue weighted by atomic mass is 10.2. The molecule has 0 spiro atoms. The molecule has 0 fully saturated rings. The molecule has 0 unspecified atom stereocenters. The predicted octanol–water partition coefficient (Wildman–Crippen LogP) is 4.38. The Hall–Kier alpha value is -2.38. The van der Waals surface area contributed by atoms with Gasteiger partial charge in [-0.3, -0.25) is 0 Å². The van der Waals surface area contributed by atoms with Crippen molar-refractivity contribution in [2.75, 3.05) is 7.11 Å². The maximum absolute atomic E-state index is 12.0. The van der Waals surface area contributed by atoms with Crippen LogP contribution in [-0.2, 0) is 4.74 Å². The maximum atomic E-state index is 12.0. The Morgan fingerprint density at radius 3 is 2.58 bits per heavy atom. The molecule has 1 aromatic carbocycles. The van der Waals surface area contributed by atoms with E-state index in [0.717, 1.165) is 22.6 Å². The van der Waals surface area contributed by atoms with Gasteiger partial charge in [0.1, 0.15) is 10.6 Å². The molecule has 0 amide bonds. The van der Waals surface area contributed by atoms with Crippen LogP contribution >= 0.6 is 22.9 Å². The second-order valence-electron chi connectivity index (χ2n) is 4.83. The molecule has 124 valence electrons. The van der Waals surface area contributed by atoms with Crippen LogP contribution in [0.15, 0.2) is 40.8 Å². The molecule has 3 rings (SSSR count). The normalized spacial score (nSPS) is 12.0. The second-order valence-corrected chi connectivity index (χ2v) is 6.54. The summed E-state index contributed by atoms with van der Waals surface area (Å²) >= 11 is 6.96. The Balaban J connectivity index is 1.71. The molecule has 0 aliphatic heterocycles. The van der Waals surface area contributed by atoms with E-state index in [1.54, 1.807) is 50.4 Å². The van der Waals surface area contributed by atoms with Crippen molar-refractivity contribution in [3.63, 3.8) is 0 Å². The van der Waals surface area contributed by atoms with Crippen molar-refractivity contribution in [1.29, 1.82) is 0 Å². The Kier molecular flexibility index (Phi) is 4.82. The number of ether oxygens (including phenoxy) is 2. The van der Waals surface area contributed by atoms with Gasteiger partial charge >= 0.3 is 5.97 Å². The van der Waals surface area contributed by atoms with E-state index in [2.05, 4.69) is 10.2 Å². The number of esters is 1. The van der Waals surface area contributed by atoms with E-state index in [4.69, 9.17) is 25.5 Å². The molecule has 0 aliphatic carbocycles. The summed E-state index contributed by atoms with van der Waals surface area (Å²) in [7, 11) is 1.59. The van der Waals surface area contributed by atoms with Crippen LogP contribution in [0, 0.1) is 0 Å². The van der Waals surface area contributed by atoms with Crippen molar-refractivity contribution < 1.29 is 18.7 Å². The summed E-state index contributed by atoms with van der Waals surface area (Å²) < 4.78 is 16.5. The fourth-order valence-corrected chi connectivity index (χ4v) is 2.87. The Morgan fingerprint density at radius 1 is 1.21 bits per heavy atom. The molecule has 2 aromatic heterocycles. The van der Waals surface area contributed by atoms with E-state index in [9.17, 15) is 4.79 Å². The van der Waals surface area contributed by atoms with Gasteiger partial charge < -0.3 is 13.9 Å². The van der Waals surface area contributed by atoms with Gasteiger partial charge in [-0.25, -0.2) is 4.79 Å². The fraction of sp³-hybridized carbons (Fsp3) is 0.188. The number of rotatable bonds is 5. The highest BCUT2D eigenvalue weighted by Gasteiger charge is 2.21. The number of halogens is 1. The van der Waals surface area contributed by atoms with Crippen LogP contribution in [0.3, 0.4) is 0 Å². The van der Waals surface area contributed by atoms with Crippen LogP contribution < -0.4 is 4.74 Å². The summed E-state index contributed by atoms with van der Waals surface area (Å²) in [5, 5.41) is 7.92. The lowest BCUT2D eigenvalue weighted by Gasteiger charge is -2.07. The van der Waals surface area contributed by atoms with Crippen LogP contribution in [-0.4, -0.2) is 23.3 Å². The number of hydrogen-bond donors (Lipinski definition) is 0. The highest BCUT2D eigenvalue weighted by Crippen LogP contribution is 2.27. The summed E-state index contributed by atoms with van der Waals surface area (Å²) in [6.07, 6.45) is -0.669. The molecule has 24 heavy (non-hydrogen) atoms. The number of thiophene rings is 1. The standard InChI is InChI=1S/C16H13ClN2O4S/c1-9(22-16(20)12-7-8-13(17)24-12)14-18-19-15(23-14)10-3-5-11(21-2)6-4-10/h3-9H,1-2H3/t9-/m0/s1. The van der Waals surface area contributed by atoms with Gasteiger partial charge in [0.15, 0.2) is 6.10 Å². The quantitative estimate of drug-likeness (QED) is 0.625. The molecular formula is C16H13ClN2O4S. The SMILES string of the molecule is COc1ccc(-c2nnc([C@H](C)OC(=O)c3ccc(Cl)s3)o2)cc1. The van der Waals surface area contributed by atoms with Crippen molar-refractivity contribution in [3.8, 4) is 17.2 Å². The van der Waals surface area contributed by atoms with Crippen LogP contribution in [0.25, 0.3) is 11.5 Å². The van der Waals surface area contributed by atoms with Crippen molar-refractivity contribution in [1.82, 2.24) is 10.2 Å². The number of methoxy groups -OCH3 is 1. The molecule has 0 aliphatic rings. The summed E-state index contributed by atoms with van der Waals surface area (Å²) in [6.45, 7) is 1.67. The first-order valence-corrected chi connectivity index (χ1v) is 8.20. The van der Waals surface area contributed by atoms with E-state index >= 15 is 0 Å². The Labute approximate surface area is 147 Å². The smallest absolute Gasteiger partial charge is 0.349 e. The number of benzene rings is 1. The van der Waals surface area contributed by atoms with Crippen LogP contribution in [0.5, 0.6) is 5.75 Å². The van der Waals surface area contributed by atoms with Crippen molar-refractivity contribution in [2.45, 2.75) is 13.0 Å². The molecule has 0 N–H and O–H groups in total. The summed E-state index contributed by atoms with van der Waals surface area (Å²) in [5.74, 6) is 0.811. The molecule has 0 saturated carbocycles. The molecule has 0 bridgehead atoms. The van der Waals surface area contributed by atoms with Gasteiger partial charge in [0, 0.05) is 5.56 Å². The lowest BCUT2D eigenvalue weighted by molar-refractivity contribution is 0.0285. The molecule has 2 heterocycles. The predicted molar refractivity (Wildman–Crippen MR) is 89.4 cm³/mol. The first-order valence-electron chi connectivity index (χ1n) is 7.01. The van der Waals surface area contributed by atoms with E-state index in [1.165, 1.54) is 0 Å². The number of carbonyl (C=O) groups is 1. The van der Waals surface area contributed by atoms with Gasteiger partial charge in [0.25, 0.3) is 5.89 Å². The fourth-order valence-electron chi connectivity index (χ4n) is 1.94. The Morgan fingerprint density at radius 2 is 1.96 bits per heavy atom. The highest BCUT2D eigenvalue weighted by atomic mass is 35.5. The van der Waals surface area contributed by atoms with E-state index in [1.807, 2.05) is 0 Å². The maximum Gasteiger partial charge on any atom is 0.349 e. The minimum Gasteiger partial charge on any atom is -0.497 e. The minimum absolute atomic E-state index is 0.219. The number of aromatic nitrogens is 2. The topological polar surface area (TPSA) is 74.5 Å². The van der Waals surface area contributed by atoms with E-state index in [-0.39, 0.29) is 5.89 Å². The zero-order valence-corrected chi connectivity index (χ0v) is 14.4. The van der Waals surface area contributed by atoms with Crippen LogP contribution in [0.1, 0.15) is 28.6 Å².